The first-order valence-electron chi connectivity index (χ1n) is 18.7. The number of amidine groups is 1. The largest absolute Gasteiger partial charge is 0.508 e. The van der Waals surface area contributed by atoms with Gasteiger partial charge in [-0.1, -0.05) is 31.2 Å². The van der Waals surface area contributed by atoms with E-state index in [4.69, 9.17) is 29.1 Å². The summed E-state index contributed by atoms with van der Waals surface area (Å²) in [5.74, 6) is -4.07. The smallest absolute Gasteiger partial charge is 0.336 e. The number of rotatable bonds is 13. The maximum absolute atomic E-state index is 12.7. The number of benzene rings is 3. The number of aryl methyl sites for hydroxylation is 1. The Morgan fingerprint density at radius 2 is 1.81 bits per heavy atom. The number of carbonyl (C=O) groups is 1. The number of hydrogen-bond donors (Lipinski definition) is 8. The predicted octanol–water partition coefficient (Wildman–Crippen LogP) is 3.71. The molecule has 1 saturated heterocycles. The lowest BCUT2D eigenvalue weighted by Crippen LogP contribution is -2.78. The fraction of sp³-hybridized carbons (Fsp3) is 0.310. The Kier molecular flexibility index (Phi) is 10.2. The number of aliphatic hydroxyl groups excluding tert-OH is 2. The lowest BCUT2D eigenvalue weighted by atomic mass is 9.64. The van der Waals surface area contributed by atoms with Crippen LogP contribution in [0.5, 0.6) is 34.5 Å². The number of carboxylic acids is 1. The summed E-state index contributed by atoms with van der Waals surface area (Å²) < 4.78 is 30.1. The molecular weight excluding hydrogens is 768 g/mol. The lowest BCUT2D eigenvalue weighted by molar-refractivity contribution is -0.337. The molecule has 4 aliphatic heterocycles. The summed E-state index contributed by atoms with van der Waals surface area (Å²) in [5.41, 5.74) is -2.51. The van der Waals surface area contributed by atoms with Gasteiger partial charge in [0.25, 0.3) is 0 Å². The van der Waals surface area contributed by atoms with Crippen LogP contribution in [0.3, 0.4) is 0 Å². The minimum absolute atomic E-state index is 0.0189. The Labute approximate surface area is 336 Å². The minimum Gasteiger partial charge on any atom is -0.508 e. The molecule has 5 aliphatic rings. The number of allylic oxidation sites excluding steroid dienone is 1. The quantitative estimate of drug-likeness (QED) is 0.115. The summed E-state index contributed by atoms with van der Waals surface area (Å²) in [6.07, 6.45) is 2.21. The first-order chi connectivity index (χ1) is 28.3. The molecule has 17 heteroatoms. The van der Waals surface area contributed by atoms with E-state index in [0.29, 0.717) is 36.3 Å². The topological polar surface area (TPSA) is 266 Å². The van der Waals surface area contributed by atoms with Gasteiger partial charge in [0.05, 0.1) is 24.8 Å². The summed E-state index contributed by atoms with van der Waals surface area (Å²) in [5, 5.41) is 86.7. The maximum Gasteiger partial charge on any atom is 0.336 e. The molecule has 306 valence electrons. The number of fused-ring (bicyclic) bond motifs is 3. The van der Waals surface area contributed by atoms with Crippen molar-refractivity contribution in [1.29, 1.82) is 5.41 Å². The molecule has 3 aromatic rings. The maximum atomic E-state index is 12.7. The van der Waals surface area contributed by atoms with Crippen molar-refractivity contribution in [3.63, 3.8) is 0 Å². The number of phenolic OH excluding ortho intramolecular Hbond substituents is 2. The number of aliphatic hydroxyl groups is 4. The third-order valence-corrected chi connectivity index (χ3v) is 10.7. The fourth-order valence-electron chi connectivity index (χ4n) is 7.72. The molecule has 2 bridgehead atoms. The number of carboxylic acid groups (broad SMARTS) is 1. The summed E-state index contributed by atoms with van der Waals surface area (Å²) in [4.78, 5) is 24.9. The van der Waals surface area contributed by atoms with Crippen molar-refractivity contribution in [3.8, 4) is 34.5 Å². The van der Waals surface area contributed by atoms with E-state index in [1.807, 2.05) is 6.92 Å². The van der Waals surface area contributed by atoms with Crippen molar-refractivity contribution in [2.75, 3.05) is 13.2 Å². The predicted molar refractivity (Wildman–Crippen MR) is 211 cm³/mol. The van der Waals surface area contributed by atoms with Crippen LogP contribution < -0.4 is 18.9 Å². The van der Waals surface area contributed by atoms with Gasteiger partial charge in [-0.05, 0) is 65.6 Å². The van der Waals surface area contributed by atoms with Crippen LogP contribution in [0.1, 0.15) is 41.7 Å². The molecule has 4 heterocycles. The molecule has 0 saturated carbocycles. The van der Waals surface area contributed by atoms with Crippen molar-refractivity contribution >= 4 is 35.3 Å². The molecule has 0 spiro atoms. The number of aliphatic carboxylic acids is 1. The number of nitrogens with zero attached hydrogens (tertiary/aromatic N) is 3. The van der Waals surface area contributed by atoms with Crippen LogP contribution in [0.15, 0.2) is 93.9 Å². The Balaban J connectivity index is 1.12. The number of aliphatic imine (C=N–C) groups is 3. The number of aromatic hydroxyl groups is 2. The van der Waals surface area contributed by atoms with Crippen molar-refractivity contribution in [2.24, 2.45) is 20.9 Å². The van der Waals surface area contributed by atoms with Crippen LogP contribution in [0.25, 0.3) is 5.76 Å². The second-order valence-electron chi connectivity index (χ2n) is 14.5. The molecule has 7 unspecified atom stereocenters. The second-order valence-corrected chi connectivity index (χ2v) is 14.5. The van der Waals surface area contributed by atoms with Crippen LogP contribution >= 0.6 is 0 Å². The zero-order valence-electron chi connectivity index (χ0n) is 31.4. The van der Waals surface area contributed by atoms with Gasteiger partial charge in [0.1, 0.15) is 65.2 Å². The monoisotopic (exact) mass is 808 g/mol. The third kappa shape index (κ3) is 7.18. The number of nitrogens with one attached hydrogen (secondary N) is 1. The van der Waals surface area contributed by atoms with Gasteiger partial charge in [0, 0.05) is 24.3 Å². The first kappa shape index (κ1) is 39.3. The van der Waals surface area contributed by atoms with E-state index >= 15 is 0 Å². The van der Waals surface area contributed by atoms with E-state index in [2.05, 4.69) is 15.0 Å². The van der Waals surface area contributed by atoms with Crippen LogP contribution in [0, 0.1) is 11.3 Å². The van der Waals surface area contributed by atoms with E-state index < -0.39 is 59.2 Å². The van der Waals surface area contributed by atoms with Gasteiger partial charge in [-0.25, -0.2) is 14.8 Å². The molecule has 3 aromatic carbocycles. The van der Waals surface area contributed by atoms with E-state index in [1.165, 1.54) is 30.6 Å². The highest BCUT2D eigenvalue weighted by Crippen LogP contribution is 2.53. The van der Waals surface area contributed by atoms with Crippen molar-refractivity contribution < 1.29 is 64.2 Å². The Hall–Kier alpha value is -6.53. The zero-order valence-corrected chi connectivity index (χ0v) is 31.4. The lowest BCUT2D eigenvalue weighted by Gasteiger charge is -2.55. The molecule has 8 N–H and O–H groups in total. The molecule has 7 atom stereocenters. The average molecular weight is 809 g/mol. The molecule has 0 amide bonds. The van der Waals surface area contributed by atoms with Gasteiger partial charge in [-0.2, -0.15) is 0 Å². The van der Waals surface area contributed by atoms with Crippen LogP contribution in [0.4, 0.5) is 0 Å². The van der Waals surface area contributed by atoms with Gasteiger partial charge < -0.3 is 59.4 Å². The first-order valence-corrected chi connectivity index (χ1v) is 18.7. The number of phenols is 2. The standard InChI is InChI=1S/C42H40N4O13/c1-2-21-13-22(15-25(47)14-21)19-56-36-32(58-40-41(53)11-9-27(28-18-44-20-45-28)42(54,39(41)52)37(59-40)38(50)51)17-31-34(35(36)49)29(48)16-30(57-31)23-3-6-26(7-4-23)55-12-10-24-5-8-33(43)46-24/h3-9,11,13-17,20,27,30,37,39-40,43,47-49,52-54H,2,10,12,18-19H2,1H3,(H,50,51). The SMILES string of the molecule is CCc1cc(O)cc(COc2c(OC3OC(C(=O)O)C4(O)C(C5=NC=NC5)C=CC3(O)C4O)cc3c(c2O)C(O)=CC(c2ccc(OCCC4=NC(=N)C=C4)cc2)O3)c1. The van der Waals surface area contributed by atoms with Gasteiger partial charge in [-0.3, -0.25) is 10.4 Å². The van der Waals surface area contributed by atoms with Crippen molar-refractivity contribution in [2.45, 2.75) is 62.2 Å². The molecule has 17 nitrogen and oxygen atoms in total. The number of hydrogen-bond acceptors (Lipinski definition) is 15. The Morgan fingerprint density at radius 1 is 1.03 bits per heavy atom. The van der Waals surface area contributed by atoms with Gasteiger partial charge in [0.15, 0.2) is 23.2 Å². The highest BCUT2D eigenvalue weighted by Gasteiger charge is 2.69. The average Bonchev–Trinajstić information content (AvgIpc) is 3.89. The molecule has 1 fully saturated rings. The number of ether oxygens (including phenoxy) is 5. The molecule has 1 aliphatic carbocycles. The minimum atomic E-state index is -2.62. The van der Waals surface area contributed by atoms with Crippen LogP contribution in [0.2, 0.25) is 0 Å². The molecule has 0 aromatic heterocycles. The summed E-state index contributed by atoms with van der Waals surface area (Å²) in [7, 11) is 0. The second kappa shape index (κ2) is 15.3. The summed E-state index contributed by atoms with van der Waals surface area (Å²) >= 11 is 0. The Morgan fingerprint density at radius 3 is 2.51 bits per heavy atom. The van der Waals surface area contributed by atoms with Crippen LogP contribution in [-0.2, 0) is 22.6 Å². The zero-order chi connectivity index (χ0) is 41.6. The van der Waals surface area contributed by atoms with Gasteiger partial charge in [-0.15, -0.1) is 0 Å². The molecule has 0 radical (unpaired) electrons. The van der Waals surface area contributed by atoms with Crippen molar-refractivity contribution in [3.05, 3.63) is 101 Å². The van der Waals surface area contributed by atoms with E-state index in [1.54, 1.807) is 48.6 Å². The highest BCUT2D eigenvalue weighted by molar-refractivity contribution is 6.14. The highest BCUT2D eigenvalue weighted by atomic mass is 16.7. The van der Waals surface area contributed by atoms with Gasteiger partial charge in [0.2, 0.25) is 12.0 Å². The molecule has 8 rings (SSSR count). The van der Waals surface area contributed by atoms with Crippen LogP contribution in [-0.4, -0.2) is 108 Å². The van der Waals surface area contributed by atoms with E-state index in [-0.39, 0.29) is 53.3 Å². The normalized spacial score (nSPS) is 27.7. The fourth-order valence-corrected chi connectivity index (χ4v) is 7.72. The van der Waals surface area contributed by atoms with E-state index in [9.17, 15) is 40.5 Å². The summed E-state index contributed by atoms with van der Waals surface area (Å²) in [6.45, 7) is 2.00. The Bertz CT molecular complexity index is 2390. The molecule has 59 heavy (non-hydrogen) atoms. The summed E-state index contributed by atoms with van der Waals surface area (Å²) in [6, 6.07) is 12.9. The van der Waals surface area contributed by atoms with Crippen molar-refractivity contribution in [1.82, 2.24) is 0 Å². The van der Waals surface area contributed by atoms with E-state index in [0.717, 1.165) is 17.4 Å². The third-order valence-electron chi connectivity index (χ3n) is 10.7. The molecular formula is C42H40N4O13. The van der Waals surface area contributed by atoms with Gasteiger partial charge >= 0.3 is 5.97 Å².